The number of carbonyl (C=O) groups is 1. The Kier molecular flexibility index (Phi) is 4.15. The number of aryl methyl sites for hydroxylation is 1. The van der Waals surface area contributed by atoms with E-state index in [1.54, 1.807) is 16.9 Å². The standard InChI is InChI=1S/C16H18N6O/c1-21-9-5-12-3-4-13(11-14(12)21)18-16(23)19-15-6-10-22(20-15)8-2-7-17/h3-4,6,10-11H,2,5,8-9H2,1H3,(H2,18,19,20,23). The van der Waals surface area contributed by atoms with Crippen molar-refractivity contribution in [3.63, 3.8) is 0 Å². The average molecular weight is 310 g/mol. The maximum Gasteiger partial charge on any atom is 0.324 e. The lowest BCUT2D eigenvalue weighted by molar-refractivity contribution is 0.262. The van der Waals surface area contributed by atoms with Gasteiger partial charge in [-0.25, -0.2) is 4.79 Å². The van der Waals surface area contributed by atoms with Crippen LogP contribution in [0.2, 0.25) is 0 Å². The van der Waals surface area contributed by atoms with Gasteiger partial charge in [-0.15, -0.1) is 0 Å². The van der Waals surface area contributed by atoms with Crippen LogP contribution >= 0.6 is 0 Å². The Morgan fingerprint density at radius 1 is 1.39 bits per heavy atom. The SMILES string of the molecule is CN1CCc2ccc(NC(=O)Nc3ccn(CCC#N)n3)cc21. The lowest BCUT2D eigenvalue weighted by atomic mass is 10.1. The molecule has 0 aliphatic carbocycles. The van der Waals surface area contributed by atoms with Crippen LogP contribution in [-0.2, 0) is 13.0 Å². The highest BCUT2D eigenvalue weighted by atomic mass is 16.2. The van der Waals surface area contributed by atoms with E-state index in [0.29, 0.717) is 18.8 Å². The molecule has 2 aromatic rings. The van der Waals surface area contributed by atoms with Crippen molar-refractivity contribution in [1.29, 1.82) is 5.26 Å². The minimum Gasteiger partial charge on any atom is -0.374 e. The van der Waals surface area contributed by atoms with E-state index in [-0.39, 0.29) is 6.03 Å². The molecule has 0 atom stereocenters. The summed E-state index contributed by atoms with van der Waals surface area (Å²) in [5, 5.41) is 18.2. The van der Waals surface area contributed by atoms with Crippen LogP contribution in [0.5, 0.6) is 0 Å². The van der Waals surface area contributed by atoms with Gasteiger partial charge in [0.2, 0.25) is 0 Å². The summed E-state index contributed by atoms with van der Waals surface area (Å²) in [6, 6.07) is 9.36. The van der Waals surface area contributed by atoms with Crippen molar-refractivity contribution in [3.8, 4) is 6.07 Å². The Hall–Kier alpha value is -3.01. The first-order valence-corrected chi connectivity index (χ1v) is 7.48. The number of urea groups is 1. The highest BCUT2D eigenvalue weighted by Crippen LogP contribution is 2.29. The minimum absolute atomic E-state index is 0.337. The van der Waals surface area contributed by atoms with Crippen molar-refractivity contribution in [2.24, 2.45) is 0 Å². The van der Waals surface area contributed by atoms with E-state index in [1.165, 1.54) is 5.56 Å². The monoisotopic (exact) mass is 310 g/mol. The lowest BCUT2D eigenvalue weighted by Gasteiger charge is -2.13. The summed E-state index contributed by atoms with van der Waals surface area (Å²) in [5.41, 5.74) is 3.21. The van der Waals surface area contributed by atoms with Gasteiger partial charge < -0.3 is 10.2 Å². The number of nitrogens with zero attached hydrogens (tertiary/aromatic N) is 4. The third kappa shape index (κ3) is 3.43. The summed E-state index contributed by atoms with van der Waals surface area (Å²) in [5.74, 6) is 0.457. The van der Waals surface area contributed by atoms with Crippen molar-refractivity contribution in [1.82, 2.24) is 9.78 Å². The Morgan fingerprint density at radius 3 is 3.09 bits per heavy atom. The molecule has 0 radical (unpaired) electrons. The Morgan fingerprint density at radius 2 is 2.26 bits per heavy atom. The number of carbonyl (C=O) groups excluding carboxylic acids is 1. The van der Waals surface area contributed by atoms with Gasteiger partial charge in [0.15, 0.2) is 5.82 Å². The fourth-order valence-electron chi connectivity index (χ4n) is 2.61. The summed E-state index contributed by atoms with van der Waals surface area (Å²) < 4.78 is 1.63. The van der Waals surface area contributed by atoms with E-state index in [0.717, 1.165) is 24.3 Å². The second-order valence-corrected chi connectivity index (χ2v) is 5.47. The molecule has 0 saturated carbocycles. The van der Waals surface area contributed by atoms with Gasteiger partial charge >= 0.3 is 6.03 Å². The minimum atomic E-state index is -0.337. The van der Waals surface area contributed by atoms with Gasteiger partial charge in [-0.1, -0.05) is 6.07 Å². The molecule has 0 fully saturated rings. The predicted molar refractivity (Wildman–Crippen MR) is 88.5 cm³/mol. The number of likely N-dealkylation sites (N-methyl/N-ethyl adjacent to an activating group) is 1. The zero-order valence-corrected chi connectivity index (χ0v) is 12.9. The van der Waals surface area contributed by atoms with Crippen LogP contribution in [0.25, 0.3) is 0 Å². The lowest BCUT2D eigenvalue weighted by Crippen LogP contribution is -2.20. The molecule has 0 spiro atoms. The van der Waals surface area contributed by atoms with E-state index < -0.39 is 0 Å². The molecule has 7 nitrogen and oxygen atoms in total. The van der Waals surface area contributed by atoms with Crippen LogP contribution in [0.4, 0.5) is 22.0 Å². The van der Waals surface area contributed by atoms with E-state index in [4.69, 9.17) is 5.26 Å². The van der Waals surface area contributed by atoms with Gasteiger partial charge in [0.25, 0.3) is 0 Å². The molecule has 2 heterocycles. The number of aromatic nitrogens is 2. The van der Waals surface area contributed by atoms with E-state index >= 15 is 0 Å². The van der Waals surface area contributed by atoms with Crippen molar-refractivity contribution >= 4 is 23.2 Å². The molecule has 2 amide bonds. The molecule has 23 heavy (non-hydrogen) atoms. The molecule has 0 saturated heterocycles. The second kappa shape index (κ2) is 6.40. The van der Waals surface area contributed by atoms with Crippen LogP contribution in [0.1, 0.15) is 12.0 Å². The largest absolute Gasteiger partial charge is 0.374 e. The Balaban J connectivity index is 1.60. The van der Waals surface area contributed by atoms with Crippen LogP contribution in [0, 0.1) is 11.3 Å². The van der Waals surface area contributed by atoms with Crippen LogP contribution in [-0.4, -0.2) is 29.4 Å². The molecule has 1 aliphatic rings. The number of fused-ring (bicyclic) bond motifs is 1. The van der Waals surface area contributed by atoms with Crippen LogP contribution in [0.15, 0.2) is 30.5 Å². The molecule has 0 bridgehead atoms. The number of hydrogen-bond acceptors (Lipinski definition) is 4. The van der Waals surface area contributed by atoms with Crippen LogP contribution < -0.4 is 15.5 Å². The van der Waals surface area contributed by atoms with Gasteiger partial charge in [0.05, 0.1) is 19.0 Å². The topological polar surface area (TPSA) is 86.0 Å². The highest BCUT2D eigenvalue weighted by Gasteiger charge is 2.16. The van der Waals surface area contributed by atoms with Gasteiger partial charge in [-0.2, -0.15) is 10.4 Å². The number of rotatable bonds is 4. The zero-order chi connectivity index (χ0) is 16.2. The smallest absolute Gasteiger partial charge is 0.324 e. The third-order valence-corrected chi connectivity index (χ3v) is 3.81. The predicted octanol–water partition coefficient (Wildman–Crippen LogP) is 2.43. The molecule has 118 valence electrons. The van der Waals surface area contributed by atoms with E-state index in [2.05, 4.69) is 26.7 Å². The quantitative estimate of drug-likeness (QED) is 0.908. The maximum absolute atomic E-state index is 12.0. The summed E-state index contributed by atoms with van der Waals surface area (Å²) >= 11 is 0. The molecule has 1 aromatic heterocycles. The van der Waals surface area contributed by atoms with Crippen molar-refractivity contribution in [3.05, 3.63) is 36.0 Å². The van der Waals surface area contributed by atoms with Gasteiger partial charge in [-0.3, -0.25) is 10.00 Å². The molecule has 0 unspecified atom stereocenters. The number of hydrogen-bond donors (Lipinski definition) is 2. The first-order valence-electron chi connectivity index (χ1n) is 7.48. The zero-order valence-electron chi connectivity index (χ0n) is 12.9. The average Bonchev–Trinajstić information content (AvgIpc) is 3.12. The Labute approximate surface area is 134 Å². The van der Waals surface area contributed by atoms with E-state index in [1.807, 2.05) is 25.2 Å². The highest BCUT2D eigenvalue weighted by molar-refractivity contribution is 5.99. The summed E-state index contributed by atoms with van der Waals surface area (Å²) in [4.78, 5) is 14.2. The molecular formula is C16H18N6O. The molecule has 1 aromatic carbocycles. The number of amides is 2. The number of benzene rings is 1. The summed E-state index contributed by atoms with van der Waals surface area (Å²) in [7, 11) is 2.05. The number of nitriles is 1. The Bertz CT molecular complexity index is 760. The molecular weight excluding hydrogens is 292 g/mol. The first kappa shape index (κ1) is 14.9. The fraction of sp³-hybridized carbons (Fsp3) is 0.312. The third-order valence-electron chi connectivity index (χ3n) is 3.81. The van der Waals surface area contributed by atoms with E-state index in [9.17, 15) is 4.79 Å². The molecule has 2 N–H and O–H groups in total. The maximum atomic E-state index is 12.0. The van der Waals surface area contributed by atoms with Gasteiger partial charge in [0, 0.05) is 37.2 Å². The van der Waals surface area contributed by atoms with Crippen molar-refractivity contribution in [2.75, 3.05) is 29.1 Å². The normalized spacial score (nSPS) is 12.6. The van der Waals surface area contributed by atoms with Crippen molar-refractivity contribution < 1.29 is 4.79 Å². The van der Waals surface area contributed by atoms with Crippen molar-refractivity contribution in [2.45, 2.75) is 19.4 Å². The number of anilines is 3. The summed E-state index contributed by atoms with van der Waals surface area (Å²) in [6.45, 7) is 1.52. The molecule has 7 heteroatoms. The van der Waals surface area contributed by atoms with Gasteiger partial charge in [0.1, 0.15) is 0 Å². The van der Waals surface area contributed by atoms with Gasteiger partial charge in [-0.05, 0) is 24.1 Å². The van der Waals surface area contributed by atoms with Crippen LogP contribution in [0.3, 0.4) is 0 Å². The molecule has 1 aliphatic heterocycles. The number of nitrogens with one attached hydrogen (secondary N) is 2. The molecule has 3 rings (SSSR count). The second-order valence-electron chi connectivity index (χ2n) is 5.47. The first-order chi connectivity index (χ1) is 11.2. The fourth-order valence-corrected chi connectivity index (χ4v) is 2.61. The summed E-state index contributed by atoms with van der Waals surface area (Å²) in [6.07, 6.45) is 3.16.